The van der Waals surface area contributed by atoms with E-state index in [9.17, 15) is 5.11 Å². The third kappa shape index (κ3) is 2.64. The Morgan fingerprint density at radius 1 is 1.16 bits per heavy atom. The maximum Gasteiger partial charge on any atom is 0.255 e. The van der Waals surface area contributed by atoms with Crippen molar-refractivity contribution in [3.8, 4) is 28.6 Å². The first kappa shape index (κ1) is 15.3. The molecule has 0 radical (unpaired) electrons. The van der Waals surface area contributed by atoms with Crippen LogP contribution < -0.4 is 5.73 Å². The van der Waals surface area contributed by atoms with Gasteiger partial charge in [0.1, 0.15) is 11.4 Å². The van der Waals surface area contributed by atoms with E-state index in [1.807, 2.05) is 18.2 Å². The van der Waals surface area contributed by atoms with Gasteiger partial charge >= 0.3 is 0 Å². The molecule has 0 atom stereocenters. The second kappa shape index (κ2) is 5.71. The Morgan fingerprint density at radius 2 is 2.00 bits per heavy atom. The summed E-state index contributed by atoms with van der Waals surface area (Å²) in [5, 5.41) is 11.2. The van der Waals surface area contributed by atoms with Gasteiger partial charge in [-0.15, -0.1) is 0 Å². The number of halogens is 1. The molecule has 1 aromatic carbocycles. The monoisotopic (exact) mass is 353 g/mol. The minimum Gasteiger partial charge on any atom is -0.491 e. The van der Waals surface area contributed by atoms with Crippen LogP contribution >= 0.6 is 11.6 Å². The van der Waals surface area contributed by atoms with Crippen LogP contribution in [0, 0.1) is 6.92 Å². The lowest BCUT2D eigenvalue weighted by atomic mass is 10.1. The van der Waals surface area contributed by atoms with Gasteiger partial charge in [0.25, 0.3) is 5.88 Å². The van der Waals surface area contributed by atoms with Gasteiger partial charge in [-0.25, -0.2) is 15.0 Å². The number of aryl methyl sites for hydroxylation is 1. The van der Waals surface area contributed by atoms with Crippen molar-refractivity contribution < 1.29 is 9.52 Å². The minimum absolute atomic E-state index is 0.0960. The number of rotatable bonds is 2. The number of hydrogen-bond acceptors (Lipinski definition) is 7. The lowest BCUT2D eigenvalue weighted by Crippen LogP contribution is -1.99. The molecule has 3 heterocycles. The number of fused-ring (bicyclic) bond motifs is 1. The van der Waals surface area contributed by atoms with Crippen LogP contribution in [0.25, 0.3) is 33.6 Å². The molecule has 0 unspecified atom stereocenters. The number of nitrogens with two attached hydrogens (primary N) is 1. The second-order valence-corrected chi connectivity index (χ2v) is 5.81. The van der Waals surface area contributed by atoms with Crippen LogP contribution in [0.3, 0.4) is 0 Å². The fraction of sp³-hybridized carbons (Fsp3) is 0.0588. The van der Waals surface area contributed by atoms with Gasteiger partial charge in [-0.3, -0.25) is 4.98 Å². The first-order valence-electron chi connectivity index (χ1n) is 7.37. The summed E-state index contributed by atoms with van der Waals surface area (Å²) in [6, 6.07) is 7.28. The molecular weight excluding hydrogens is 342 g/mol. The number of aromatic nitrogens is 4. The molecule has 25 heavy (non-hydrogen) atoms. The van der Waals surface area contributed by atoms with Gasteiger partial charge in [0.05, 0.1) is 16.7 Å². The van der Waals surface area contributed by atoms with Gasteiger partial charge in [0, 0.05) is 24.1 Å². The molecule has 4 rings (SSSR count). The largest absolute Gasteiger partial charge is 0.491 e. The predicted molar refractivity (Wildman–Crippen MR) is 94.1 cm³/mol. The van der Waals surface area contributed by atoms with Crippen molar-refractivity contribution in [2.24, 2.45) is 0 Å². The van der Waals surface area contributed by atoms with E-state index < -0.39 is 0 Å². The molecule has 0 saturated carbocycles. The minimum atomic E-state index is -0.364. The van der Waals surface area contributed by atoms with Crippen molar-refractivity contribution in [3.05, 3.63) is 47.6 Å². The summed E-state index contributed by atoms with van der Waals surface area (Å²) >= 11 is 6.35. The van der Waals surface area contributed by atoms with E-state index in [1.54, 1.807) is 19.2 Å². The Labute approximate surface area is 147 Å². The topological polar surface area (TPSA) is 111 Å². The number of aromatic hydroxyl groups is 1. The maximum atomic E-state index is 9.93. The van der Waals surface area contributed by atoms with Crippen LogP contribution in [0.1, 0.15) is 5.89 Å². The second-order valence-electron chi connectivity index (χ2n) is 5.41. The molecule has 0 fully saturated rings. The maximum absolute atomic E-state index is 9.93. The van der Waals surface area contributed by atoms with E-state index in [4.69, 9.17) is 21.8 Å². The molecule has 0 amide bonds. The number of nitrogen functional groups attached to an aromatic ring is 1. The zero-order valence-corrected chi connectivity index (χ0v) is 13.8. The quantitative estimate of drug-likeness (QED) is 0.566. The number of benzene rings is 1. The van der Waals surface area contributed by atoms with Crippen LogP contribution in [0.2, 0.25) is 5.02 Å². The molecule has 0 aliphatic heterocycles. The molecule has 8 heteroatoms. The highest BCUT2D eigenvalue weighted by molar-refractivity contribution is 6.35. The van der Waals surface area contributed by atoms with Crippen molar-refractivity contribution in [1.82, 2.24) is 19.9 Å². The van der Waals surface area contributed by atoms with E-state index >= 15 is 0 Å². The van der Waals surface area contributed by atoms with E-state index in [2.05, 4.69) is 19.9 Å². The Hall–Kier alpha value is -3.19. The van der Waals surface area contributed by atoms with E-state index in [1.165, 1.54) is 6.20 Å². The SMILES string of the molecule is Cc1ncc(-c2nc(N)c(O)nc2-c2cc(Cl)c3ncccc3c2)o1. The van der Waals surface area contributed by atoms with E-state index in [0.29, 0.717) is 39.1 Å². The number of hydrogen-bond donors (Lipinski definition) is 2. The standard InChI is InChI=1S/C17H12ClN5O2/c1-8-21-7-12(25-8)15-14(23-17(24)16(19)22-15)10-5-9-3-2-4-20-13(9)11(18)6-10/h2-7H,1H3,(H2,19,22)(H,23,24). The fourth-order valence-electron chi connectivity index (χ4n) is 2.57. The number of nitrogens with zero attached hydrogens (tertiary/aromatic N) is 4. The molecule has 0 bridgehead atoms. The average molecular weight is 354 g/mol. The van der Waals surface area contributed by atoms with Crippen molar-refractivity contribution in [1.29, 1.82) is 0 Å². The zero-order chi connectivity index (χ0) is 17.6. The molecule has 4 aromatic rings. The van der Waals surface area contributed by atoms with Crippen LogP contribution in [0.4, 0.5) is 5.82 Å². The first-order valence-corrected chi connectivity index (χ1v) is 7.74. The Balaban J connectivity index is 2.00. The molecule has 0 saturated heterocycles. The summed E-state index contributed by atoms with van der Waals surface area (Å²) in [7, 11) is 0. The number of oxazole rings is 1. The lowest BCUT2D eigenvalue weighted by molar-refractivity contribution is 0.454. The molecule has 124 valence electrons. The lowest BCUT2D eigenvalue weighted by Gasteiger charge is -2.10. The summed E-state index contributed by atoms with van der Waals surface area (Å²) in [6.45, 7) is 1.72. The Bertz CT molecular complexity index is 1110. The van der Waals surface area contributed by atoms with Gasteiger partial charge in [-0.05, 0) is 18.2 Å². The normalized spacial score (nSPS) is 11.1. The highest BCUT2D eigenvalue weighted by Gasteiger charge is 2.19. The molecule has 7 nitrogen and oxygen atoms in total. The molecule has 0 aliphatic carbocycles. The number of anilines is 1. The van der Waals surface area contributed by atoms with Crippen LogP contribution in [-0.4, -0.2) is 25.0 Å². The van der Waals surface area contributed by atoms with Crippen molar-refractivity contribution in [3.63, 3.8) is 0 Å². The molecule has 0 spiro atoms. The smallest absolute Gasteiger partial charge is 0.255 e. The van der Waals surface area contributed by atoms with Crippen LogP contribution in [0.5, 0.6) is 5.88 Å². The van der Waals surface area contributed by atoms with Crippen molar-refractivity contribution in [2.45, 2.75) is 6.92 Å². The van der Waals surface area contributed by atoms with Crippen LogP contribution in [-0.2, 0) is 0 Å². The van der Waals surface area contributed by atoms with Gasteiger partial charge < -0.3 is 15.3 Å². The summed E-state index contributed by atoms with van der Waals surface area (Å²) < 4.78 is 5.55. The number of pyridine rings is 1. The average Bonchev–Trinajstić information content (AvgIpc) is 3.03. The summed E-state index contributed by atoms with van der Waals surface area (Å²) in [4.78, 5) is 16.7. The molecule has 3 aromatic heterocycles. The van der Waals surface area contributed by atoms with Gasteiger partial charge in [0.2, 0.25) is 0 Å². The van der Waals surface area contributed by atoms with Gasteiger partial charge in [-0.2, -0.15) is 0 Å². The van der Waals surface area contributed by atoms with E-state index in [-0.39, 0.29) is 11.7 Å². The van der Waals surface area contributed by atoms with E-state index in [0.717, 1.165) is 5.39 Å². The predicted octanol–water partition coefficient (Wildman–Crippen LogP) is 3.60. The van der Waals surface area contributed by atoms with Gasteiger partial charge in [0.15, 0.2) is 17.5 Å². The third-order valence-electron chi connectivity index (χ3n) is 3.69. The first-order chi connectivity index (χ1) is 12.0. The molecule has 3 N–H and O–H groups in total. The molecule has 0 aliphatic rings. The Morgan fingerprint density at radius 3 is 2.76 bits per heavy atom. The van der Waals surface area contributed by atoms with Crippen molar-refractivity contribution in [2.75, 3.05) is 5.73 Å². The fourth-order valence-corrected chi connectivity index (χ4v) is 2.84. The summed E-state index contributed by atoms with van der Waals surface area (Å²) in [6.07, 6.45) is 3.20. The third-order valence-corrected chi connectivity index (χ3v) is 3.98. The highest BCUT2D eigenvalue weighted by atomic mass is 35.5. The zero-order valence-electron chi connectivity index (χ0n) is 13.1. The van der Waals surface area contributed by atoms with Crippen molar-refractivity contribution >= 4 is 28.3 Å². The Kier molecular flexibility index (Phi) is 3.51. The summed E-state index contributed by atoms with van der Waals surface area (Å²) in [5.74, 6) is 0.419. The molecular formula is C17H12ClN5O2. The summed E-state index contributed by atoms with van der Waals surface area (Å²) in [5.41, 5.74) is 7.79. The highest BCUT2D eigenvalue weighted by Crippen LogP contribution is 2.36. The van der Waals surface area contributed by atoms with Crippen LogP contribution in [0.15, 0.2) is 41.1 Å². The van der Waals surface area contributed by atoms with Gasteiger partial charge in [-0.1, -0.05) is 17.7 Å².